The highest BCUT2D eigenvalue weighted by Gasteiger charge is 2.35. The van der Waals surface area contributed by atoms with Crippen molar-refractivity contribution < 1.29 is 9.90 Å². The SMILES string of the molecule is O=C(NCC1(O)CCCN(c2ncccn2)C1)c1n[nH]c2c1CCC2. The molecule has 2 aromatic rings. The summed E-state index contributed by atoms with van der Waals surface area (Å²) in [5.74, 6) is 0.387. The molecule has 1 unspecified atom stereocenters. The first-order valence-corrected chi connectivity index (χ1v) is 8.73. The van der Waals surface area contributed by atoms with Gasteiger partial charge in [-0.25, -0.2) is 9.97 Å². The smallest absolute Gasteiger partial charge is 0.272 e. The molecule has 0 spiro atoms. The molecule has 4 rings (SSSR count). The zero-order valence-electron chi connectivity index (χ0n) is 14.0. The first-order valence-electron chi connectivity index (χ1n) is 8.73. The average molecular weight is 342 g/mol. The van der Waals surface area contributed by atoms with E-state index in [0.29, 0.717) is 24.6 Å². The van der Waals surface area contributed by atoms with Crippen molar-refractivity contribution >= 4 is 11.9 Å². The highest BCUT2D eigenvalue weighted by atomic mass is 16.3. The average Bonchev–Trinajstić information content (AvgIpc) is 3.24. The number of hydrogen-bond acceptors (Lipinski definition) is 6. The van der Waals surface area contributed by atoms with Crippen LogP contribution in [0, 0.1) is 0 Å². The number of piperidine rings is 1. The minimum absolute atomic E-state index is 0.191. The summed E-state index contributed by atoms with van der Waals surface area (Å²) in [5, 5.41) is 20.8. The summed E-state index contributed by atoms with van der Waals surface area (Å²) in [4.78, 5) is 22.9. The fraction of sp³-hybridized carbons (Fsp3) is 0.529. The van der Waals surface area contributed by atoms with Crippen LogP contribution in [0.15, 0.2) is 18.5 Å². The molecule has 2 aromatic heterocycles. The van der Waals surface area contributed by atoms with E-state index in [1.807, 2.05) is 4.90 Å². The van der Waals surface area contributed by atoms with Crippen molar-refractivity contribution in [3.8, 4) is 0 Å². The van der Waals surface area contributed by atoms with Gasteiger partial charge in [0.05, 0.1) is 12.1 Å². The minimum atomic E-state index is -0.993. The number of aryl methyl sites for hydroxylation is 1. The first-order chi connectivity index (χ1) is 12.1. The molecule has 0 radical (unpaired) electrons. The van der Waals surface area contributed by atoms with Gasteiger partial charge in [0.15, 0.2) is 5.69 Å². The van der Waals surface area contributed by atoms with E-state index in [0.717, 1.165) is 43.5 Å². The molecular weight excluding hydrogens is 320 g/mol. The third-order valence-corrected chi connectivity index (χ3v) is 4.99. The molecule has 3 N–H and O–H groups in total. The molecule has 8 nitrogen and oxygen atoms in total. The van der Waals surface area contributed by atoms with Crippen LogP contribution >= 0.6 is 0 Å². The Hall–Kier alpha value is -2.48. The van der Waals surface area contributed by atoms with Crippen LogP contribution in [0.2, 0.25) is 0 Å². The molecule has 0 bridgehead atoms. The Balaban J connectivity index is 1.40. The maximum atomic E-state index is 12.5. The Morgan fingerprint density at radius 3 is 3.00 bits per heavy atom. The van der Waals surface area contributed by atoms with Gasteiger partial charge in [-0.2, -0.15) is 5.10 Å². The van der Waals surface area contributed by atoms with Crippen molar-refractivity contribution in [2.75, 3.05) is 24.5 Å². The highest BCUT2D eigenvalue weighted by molar-refractivity contribution is 5.94. The monoisotopic (exact) mass is 342 g/mol. The number of anilines is 1. The molecule has 1 amide bonds. The van der Waals surface area contributed by atoms with E-state index in [4.69, 9.17) is 0 Å². The number of nitrogens with zero attached hydrogens (tertiary/aromatic N) is 4. The highest BCUT2D eigenvalue weighted by Crippen LogP contribution is 2.25. The molecule has 0 aromatic carbocycles. The van der Waals surface area contributed by atoms with E-state index in [2.05, 4.69) is 25.5 Å². The van der Waals surface area contributed by atoms with Crippen LogP contribution in [0.5, 0.6) is 0 Å². The Bertz CT molecular complexity index is 762. The van der Waals surface area contributed by atoms with Gasteiger partial charge < -0.3 is 15.3 Å². The number of aromatic amines is 1. The van der Waals surface area contributed by atoms with Gasteiger partial charge in [0, 0.05) is 36.7 Å². The van der Waals surface area contributed by atoms with E-state index >= 15 is 0 Å². The number of carbonyl (C=O) groups excluding carboxylic acids is 1. The van der Waals surface area contributed by atoms with E-state index < -0.39 is 5.60 Å². The Kier molecular flexibility index (Phi) is 4.12. The molecule has 25 heavy (non-hydrogen) atoms. The molecule has 1 atom stereocenters. The predicted octanol–water partition coefficient (Wildman–Crippen LogP) is 0.450. The molecule has 3 heterocycles. The third kappa shape index (κ3) is 3.21. The van der Waals surface area contributed by atoms with Crippen LogP contribution in [0.3, 0.4) is 0 Å². The quantitative estimate of drug-likeness (QED) is 0.745. The number of amides is 1. The van der Waals surface area contributed by atoms with Crippen LogP contribution in [0.4, 0.5) is 5.95 Å². The van der Waals surface area contributed by atoms with Gasteiger partial charge >= 0.3 is 0 Å². The van der Waals surface area contributed by atoms with Crippen molar-refractivity contribution in [3.05, 3.63) is 35.4 Å². The van der Waals surface area contributed by atoms with Crippen LogP contribution < -0.4 is 10.2 Å². The lowest BCUT2D eigenvalue weighted by Crippen LogP contribution is -2.54. The summed E-state index contributed by atoms with van der Waals surface area (Å²) in [6, 6.07) is 1.77. The third-order valence-electron chi connectivity index (χ3n) is 4.99. The number of carbonyl (C=O) groups is 1. The fourth-order valence-electron chi connectivity index (χ4n) is 3.72. The summed E-state index contributed by atoms with van der Waals surface area (Å²) >= 11 is 0. The first kappa shape index (κ1) is 16.0. The lowest BCUT2D eigenvalue weighted by molar-refractivity contribution is 0.0251. The predicted molar refractivity (Wildman–Crippen MR) is 91.4 cm³/mol. The number of rotatable bonds is 4. The van der Waals surface area contributed by atoms with E-state index in [-0.39, 0.29) is 12.5 Å². The van der Waals surface area contributed by atoms with Crippen LogP contribution in [-0.2, 0) is 12.8 Å². The van der Waals surface area contributed by atoms with Crippen molar-refractivity contribution in [3.63, 3.8) is 0 Å². The molecule has 8 heteroatoms. The molecule has 1 aliphatic heterocycles. The number of nitrogens with one attached hydrogen (secondary N) is 2. The zero-order valence-corrected chi connectivity index (χ0v) is 14.0. The van der Waals surface area contributed by atoms with Gasteiger partial charge in [-0.15, -0.1) is 0 Å². The van der Waals surface area contributed by atoms with Gasteiger partial charge in [0.2, 0.25) is 5.95 Å². The van der Waals surface area contributed by atoms with Crippen LogP contribution in [0.1, 0.15) is 41.0 Å². The molecule has 1 fully saturated rings. The second kappa shape index (κ2) is 6.44. The molecule has 1 aliphatic carbocycles. The Morgan fingerprint density at radius 1 is 1.32 bits per heavy atom. The van der Waals surface area contributed by atoms with Gasteiger partial charge in [-0.1, -0.05) is 0 Å². The number of aliphatic hydroxyl groups is 1. The van der Waals surface area contributed by atoms with Crippen molar-refractivity contribution in [1.82, 2.24) is 25.5 Å². The van der Waals surface area contributed by atoms with Gasteiger partial charge in [0.1, 0.15) is 0 Å². The van der Waals surface area contributed by atoms with Crippen molar-refractivity contribution in [2.24, 2.45) is 0 Å². The Labute approximate surface area is 145 Å². The molecule has 0 saturated carbocycles. The molecule has 132 valence electrons. The van der Waals surface area contributed by atoms with Crippen LogP contribution in [0.25, 0.3) is 0 Å². The lowest BCUT2D eigenvalue weighted by atomic mass is 9.93. The van der Waals surface area contributed by atoms with E-state index in [1.54, 1.807) is 18.5 Å². The van der Waals surface area contributed by atoms with Crippen LogP contribution in [-0.4, -0.2) is 56.4 Å². The zero-order chi connectivity index (χ0) is 17.3. The van der Waals surface area contributed by atoms with E-state index in [1.165, 1.54) is 0 Å². The lowest BCUT2D eigenvalue weighted by Gasteiger charge is -2.39. The minimum Gasteiger partial charge on any atom is -0.386 e. The number of aromatic nitrogens is 4. The van der Waals surface area contributed by atoms with Crippen molar-refractivity contribution in [1.29, 1.82) is 0 Å². The summed E-state index contributed by atoms with van der Waals surface area (Å²) in [6.45, 7) is 1.39. The number of fused-ring (bicyclic) bond motifs is 1. The second-order valence-electron chi connectivity index (χ2n) is 6.86. The van der Waals surface area contributed by atoms with E-state index in [9.17, 15) is 9.90 Å². The maximum Gasteiger partial charge on any atom is 0.272 e. The van der Waals surface area contributed by atoms with Gasteiger partial charge in [-0.3, -0.25) is 9.89 Å². The number of hydrogen-bond donors (Lipinski definition) is 3. The topological polar surface area (TPSA) is 107 Å². The maximum absolute atomic E-state index is 12.5. The largest absolute Gasteiger partial charge is 0.386 e. The fourth-order valence-corrected chi connectivity index (χ4v) is 3.72. The standard InChI is InChI=1S/C17H22N6O2/c24-15(14-12-4-1-5-13(12)21-22-14)20-10-17(25)6-2-9-23(11-17)16-18-7-3-8-19-16/h3,7-8,25H,1-2,4-6,9-11H2,(H,20,24)(H,21,22). The number of H-pyrrole nitrogens is 1. The van der Waals surface area contributed by atoms with Gasteiger partial charge in [-0.05, 0) is 38.2 Å². The summed E-state index contributed by atoms with van der Waals surface area (Å²) < 4.78 is 0. The molecule has 2 aliphatic rings. The summed E-state index contributed by atoms with van der Waals surface area (Å²) in [7, 11) is 0. The Morgan fingerprint density at radius 2 is 2.16 bits per heavy atom. The summed E-state index contributed by atoms with van der Waals surface area (Å²) in [5.41, 5.74) is 1.56. The number of β-amino-alcohol motifs (C(OH)–C–C–N with tert-alkyl or cyclic N) is 1. The van der Waals surface area contributed by atoms with Crippen molar-refractivity contribution in [2.45, 2.75) is 37.7 Å². The normalized spacial score (nSPS) is 22.7. The van der Waals surface area contributed by atoms with Gasteiger partial charge in [0.25, 0.3) is 5.91 Å². The second-order valence-corrected chi connectivity index (χ2v) is 6.86. The summed E-state index contributed by atoms with van der Waals surface area (Å²) in [6.07, 6.45) is 7.73. The molecule has 1 saturated heterocycles. The molecular formula is C17H22N6O2.